The Bertz CT molecular complexity index is 1890. The molecule has 5 atom stereocenters. The molecule has 0 aromatic heterocycles. The molecule has 13 nitrogen and oxygen atoms in total. The molecule has 3 unspecified atom stereocenters. The van der Waals surface area contributed by atoms with E-state index in [1.165, 1.54) is 31.1 Å². The van der Waals surface area contributed by atoms with Gasteiger partial charge in [0.15, 0.2) is 23.0 Å². The van der Waals surface area contributed by atoms with E-state index in [4.69, 9.17) is 10.5 Å². The zero-order valence-corrected chi connectivity index (χ0v) is 28.2. The molecule has 1 fully saturated rings. The van der Waals surface area contributed by atoms with Crippen LogP contribution in [0.4, 0.5) is 23.7 Å². The lowest BCUT2D eigenvalue weighted by Crippen LogP contribution is -2.68. The zero-order chi connectivity index (χ0) is 37.9. The minimum atomic E-state index is -4.69. The molecule has 2 aromatic rings. The number of rotatable bonds is 8. The number of aromatic hydroxyl groups is 1. The third-order valence-corrected chi connectivity index (χ3v) is 9.79. The van der Waals surface area contributed by atoms with Crippen LogP contribution < -0.4 is 15.4 Å². The van der Waals surface area contributed by atoms with Gasteiger partial charge in [0.2, 0.25) is 0 Å². The minimum absolute atomic E-state index is 0.0154. The number of benzene rings is 2. The van der Waals surface area contributed by atoms with E-state index in [1.807, 2.05) is 0 Å². The second-order valence-electron chi connectivity index (χ2n) is 13.4. The number of primary amides is 1. The average molecular weight is 715 g/mol. The van der Waals surface area contributed by atoms with Gasteiger partial charge in [0, 0.05) is 37.8 Å². The number of ether oxygens (including phenoxy) is 1. The van der Waals surface area contributed by atoms with Gasteiger partial charge in [0.1, 0.15) is 22.8 Å². The van der Waals surface area contributed by atoms with E-state index in [-0.39, 0.29) is 30.5 Å². The quantitative estimate of drug-likeness (QED) is 0.179. The van der Waals surface area contributed by atoms with Gasteiger partial charge in [0.05, 0.1) is 29.6 Å². The number of phenols is 1. The number of hydrogen-bond donors (Lipinski definition) is 4. The molecule has 2 aromatic carbocycles. The molecule has 0 saturated heterocycles. The average Bonchev–Trinajstić information content (AvgIpc) is 3.02. The van der Waals surface area contributed by atoms with E-state index in [0.717, 1.165) is 23.1 Å². The molecule has 0 radical (unpaired) electrons. The molecule has 0 bridgehead atoms. The Morgan fingerprint density at radius 2 is 1.76 bits per heavy atom. The number of likely N-dealkylation sites (N-methyl/N-ethyl adjacent to an activating group) is 1. The number of halogens is 3. The molecular formula is C35H37F3N4O9. The van der Waals surface area contributed by atoms with Crippen molar-refractivity contribution in [1.29, 1.82) is 0 Å². The standard InChI is InChI=1S/C35H37F3N4O9/c1-6-10-42(33(49)51-19-9-7-8-18(14-19)35(36,37)38)15-17-13-22(40(2)3)20-11-16-12-21-26(41(4)5)29(45)25(32(39)48)31(47)34(21,50)30(46)23(16)28(44)24(20)27(17)43/h6-9,13-14,16,21,23,26,43,47,50H,1,10-12,15H2,2-5H3,(H2,39,48)/t16?,21?,23?,26-,34-/m0/s1. The van der Waals surface area contributed by atoms with Crippen LogP contribution in [0.25, 0.3) is 0 Å². The van der Waals surface area contributed by atoms with Crippen LogP contribution in [-0.4, -0.2) is 101 Å². The summed E-state index contributed by atoms with van der Waals surface area (Å²) in [5.74, 6) is -10.2. The maximum absolute atomic E-state index is 14.3. The highest BCUT2D eigenvalue weighted by atomic mass is 19.4. The lowest BCUT2D eigenvalue weighted by molar-refractivity contribution is -0.163. The number of aliphatic hydroxyl groups is 2. The number of alkyl halides is 3. The SMILES string of the molecule is C=CCN(Cc1cc(N(C)C)c2c(c1O)C(=O)C1C(=O)[C@]3(O)C(O)=C(C(N)=O)C(=O)[C@@H](N(C)C)C3CC1C2)C(=O)Oc1cccc(C(F)(F)F)c1. The van der Waals surface area contributed by atoms with Crippen LogP contribution in [0.5, 0.6) is 11.5 Å². The number of nitrogens with two attached hydrogens (primary N) is 1. The number of anilines is 1. The van der Waals surface area contributed by atoms with E-state index in [1.54, 1.807) is 19.0 Å². The third kappa shape index (κ3) is 6.11. The summed E-state index contributed by atoms with van der Waals surface area (Å²) in [4.78, 5) is 71.4. The number of aliphatic hydroxyl groups excluding tert-OH is 1. The number of fused-ring (bicyclic) bond motifs is 3. The van der Waals surface area contributed by atoms with E-state index >= 15 is 0 Å². The summed E-state index contributed by atoms with van der Waals surface area (Å²) < 4.78 is 45.0. The molecule has 16 heteroatoms. The first-order valence-corrected chi connectivity index (χ1v) is 15.8. The van der Waals surface area contributed by atoms with E-state index in [2.05, 4.69) is 6.58 Å². The summed E-state index contributed by atoms with van der Waals surface area (Å²) in [7, 11) is 6.32. The number of phenolic OH excluding ortho intramolecular Hbond substituents is 1. The number of Topliss-reactive ketones (excluding diaryl/α,β-unsaturated/α-hetero) is 3. The largest absolute Gasteiger partial charge is 0.508 e. The van der Waals surface area contributed by atoms with Crippen LogP contribution in [0.3, 0.4) is 0 Å². The summed E-state index contributed by atoms with van der Waals surface area (Å²) in [5.41, 5.74) is 1.11. The van der Waals surface area contributed by atoms with Crippen molar-refractivity contribution in [2.45, 2.75) is 37.2 Å². The molecular weight excluding hydrogens is 677 g/mol. The first kappa shape index (κ1) is 37.0. The van der Waals surface area contributed by atoms with Crippen LogP contribution in [0.15, 0.2) is 54.3 Å². The van der Waals surface area contributed by atoms with E-state index in [0.29, 0.717) is 17.3 Å². The van der Waals surface area contributed by atoms with Crippen molar-refractivity contribution >= 4 is 35.0 Å². The Morgan fingerprint density at radius 3 is 2.33 bits per heavy atom. The predicted octanol–water partition coefficient (Wildman–Crippen LogP) is 2.77. The Kier molecular flexibility index (Phi) is 9.55. The first-order valence-electron chi connectivity index (χ1n) is 15.8. The molecule has 0 aliphatic heterocycles. The molecule has 2 amide bonds. The fourth-order valence-electron chi connectivity index (χ4n) is 7.55. The van der Waals surface area contributed by atoms with Gasteiger partial charge in [-0.25, -0.2) is 4.79 Å². The molecule has 5 rings (SSSR count). The van der Waals surface area contributed by atoms with Crippen LogP contribution in [-0.2, 0) is 33.5 Å². The highest BCUT2D eigenvalue weighted by Crippen LogP contribution is 2.53. The highest BCUT2D eigenvalue weighted by Gasteiger charge is 2.66. The van der Waals surface area contributed by atoms with Crippen LogP contribution >= 0.6 is 0 Å². The highest BCUT2D eigenvalue weighted by molar-refractivity contribution is 6.25. The molecule has 3 aliphatic rings. The number of carbonyl (C=O) groups excluding carboxylic acids is 5. The van der Waals surface area contributed by atoms with Gasteiger partial charge >= 0.3 is 12.3 Å². The third-order valence-electron chi connectivity index (χ3n) is 9.79. The molecule has 51 heavy (non-hydrogen) atoms. The Labute approximate surface area is 290 Å². The minimum Gasteiger partial charge on any atom is -0.508 e. The number of nitrogens with zero attached hydrogens (tertiary/aromatic N) is 3. The van der Waals surface area contributed by atoms with Gasteiger partial charge < -0.3 is 30.7 Å². The maximum Gasteiger partial charge on any atom is 0.416 e. The predicted molar refractivity (Wildman–Crippen MR) is 175 cm³/mol. The Morgan fingerprint density at radius 1 is 1.10 bits per heavy atom. The van der Waals surface area contributed by atoms with Crippen molar-refractivity contribution in [2.24, 2.45) is 23.5 Å². The fraction of sp³-hybridized carbons (Fsp3) is 0.400. The summed E-state index contributed by atoms with van der Waals surface area (Å²) in [5, 5.41) is 34.6. The van der Waals surface area contributed by atoms with Gasteiger partial charge in [-0.1, -0.05) is 12.1 Å². The van der Waals surface area contributed by atoms with Crippen LogP contribution in [0.1, 0.15) is 33.5 Å². The Balaban J connectivity index is 1.56. The maximum atomic E-state index is 14.3. The number of carbonyl (C=O) groups is 5. The zero-order valence-electron chi connectivity index (χ0n) is 28.2. The number of amides is 2. The van der Waals surface area contributed by atoms with Crippen LogP contribution in [0, 0.1) is 17.8 Å². The van der Waals surface area contributed by atoms with Crippen molar-refractivity contribution in [3.05, 3.63) is 76.6 Å². The molecule has 5 N–H and O–H groups in total. The smallest absolute Gasteiger partial charge is 0.416 e. The van der Waals surface area contributed by atoms with Gasteiger partial charge in [-0.2, -0.15) is 13.2 Å². The van der Waals surface area contributed by atoms with Crippen LogP contribution in [0.2, 0.25) is 0 Å². The van der Waals surface area contributed by atoms with Gasteiger partial charge in [-0.05, 0) is 62.7 Å². The van der Waals surface area contributed by atoms with E-state index in [9.17, 15) is 52.5 Å². The molecule has 0 heterocycles. The van der Waals surface area contributed by atoms with Gasteiger partial charge in [-0.15, -0.1) is 6.58 Å². The van der Waals surface area contributed by atoms with Gasteiger partial charge in [-0.3, -0.25) is 29.0 Å². The van der Waals surface area contributed by atoms with Crippen molar-refractivity contribution in [2.75, 3.05) is 39.6 Å². The number of hydrogen-bond acceptors (Lipinski definition) is 11. The van der Waals surface area contributed by atoms with Crippen molar-refractivity contribution < 1.29 is 57.2 Å². The second-order valence-corrected chi connectivity index (χ2v) is 13.4. The Hall–Kier alpha value is -5.22. The van der Waals surface area contributed by atoms with E-state index < -0.39 is 99.9 Å². The second kappa shape index (κ2) is 13.2. The summed E-state index contributed by atoms with van der Waals surface area (Å²) >= 11 is 0. The molecule has 272 valence electrons. The summed E-state index contributed by atoms with van der Waals surface area (Å²) in [6.45, 7) is 3.01. The normalized spacial score (nSPS) is 24.5. The lowest BCUT2D eigenvalue weighted by atomic mass is 9.54. The molecule has 3 aliphatic carbocycles. The van der Waals surface area contributed by atoms with Crippen molar-refractivity contribution in [3.8, 4) is 11.5 Å². The van der Waals surface area contributed by atoms with Gasteiger partial charge in [0.25, 0.3) is 5.91 Å². The monoisotopic (exact) mass is 714 g/mol. The number of ketones is 3. The summed E-state index contributed by atoms with van der Waals surface area (Å²) in [6, 6.07) is 3.98. The van der Waals surface area contributed by atoms with Crippen molar-refractivity contribution in [3.63, 3.8) is 0 Å². The molecule has 0 spiro atoms. The van der Waals surface area contributed by atoms with Crippen molar-refractivity contribution in [1.82, 2.24) is 9.80 Å². The summed E-state index contributed by atoms with van der Waals surface area (Å²) in [6.07, 6.45) is -4.54. The lowest BCUT2D eigenvalue weighted by Gasteiger charge is -2.52. The first-order chi connectivity index (χ1) is 23.7. The molecule has 1 saturated carbocycles. The fourth-order valence-corrected chi connectivity index (χ4v) is 7.55. The topological polar surface area (TPSA) is 191 Å².